The second-order valence-electron chi connectivity index (χ2n) is 5.23. The summed E-state index contributed by atoms with van der Waals surface area (Å²) in [5.74, 6) is -0.303. The third-order valence-corrected chi connectivity index (χ3v) is 3.31. The van der Waals surface area contributed by atoms with Gasteiger partial charge in [-0.2, -0.15) is 0 Å². The second kappa shape index (κ2) is 11.7. The van der Waals surface area contributed by atoms with Gasteiger partial charge < -0.3 is 15.5 Å². The molecule has 0 aromatic heterocycles. The number of benzene rings is 1. The number of hydrogen-bond acceptors (Lipinski definition) is 3. The molecular formula is C15H26Cl2FN3O. The van der Waals surface area contributed by atoms with E-state index in [0.29, 0.717) is 13.1 Å². The van der Waals surface area contributed by atoms with Crippen LogP contribution in [0.3, 0.4) is 0 Å². The molecule has 2 unspecified atom stereocenters. The normalized spacial score (nSPS) is 12.8. The molecule has 1 aromatic carbocycles. The summed E-state index contributed by atoms with van der Waals surface area (Å²) < 4.78 is 13.0. The molecule has 4 nitrogen and oxygen atoms in total. The highest BCUT2D eigenvalue weighted by Gasteiger charge is 2.17. The van der Waals surface area contributed by atoms with Crippen LogP contribution in [0.1, 0.15) is 18.5 Å². The van der Waals surface area contributed by atoms with Crippen molar-refractivity contribution in [3.05, 3.63) is 35.6 Å². The Kier molecular flexibility index (Phi) is 12.4. The fourth-order valence-electron chi connectivity index (χ4n) is 2.05. The summed E-state index contributed by atoms with van der Waals surface area (Å²) in [6.45, 7) is 3.04. The Balaban J connectivity index is 0. The first-order chi connectivity index (χ1) is 9.45. The SMILES string of the molecule is CNCC(C)C(=O)NCC(c1ccc(F)cc1)N(C)C.Cl.Cl. The van der Waals surface area contributed by atoms with E-state index in [1.54, 1.807) is 12.1 Å². The van der Waals surface area contributed by atoms with Crippen LogP contribution in [0.2, 0.25) is 0 Å². The summed E-state index contributed by atoms with van der Waals surface area (Å²) in [4.78, 5) is 13.9. The minimum atomic E-state index is -0.252. The van der Waals surface area contributed by atoms with Gasteiger partial charge in [-0.1, -0.05) is 19.1 Å². The highest BCUT2D eigenvalue weighted by atomic mass is 35.5. The van der Waals surface area contributed by atoms with Gasteiger partial charge in [-0.25, -0.2) is 4.39 Å². The molecule has 0 fully saturated rings. The van der Waals surface area contributed by atoms with Gasteiger partial charge in [-0.3, -0.25) is 4.79 Å². The molecule has 22 heavy (non-hydrogen) atoms. The minimum absolute atomic E-state index is 0. The molecule has 7 heteroatoms. The van der Waals surface area contributed by atoms with Crippen LogP contribution in [0, 0.1) is 11.7 Å². The monoisotopic (exact) mass is 353 g/mol. The van der Waals surface area contributed by atoms with E-state index < -0.39 is 0 Å². The Morgan fingerprint density at radius 2 is 1.73 bits per heavy atom. The highest BCUT2D eigenvalue weighted by molar-refractivity contribution is 5.85. The Morgan fingerprint density at radius 1 is 1.18 bits per heavy atom. The first kappa shape index (κ1) is 23.4. The van der Waals surface area contributed by atoms with Gasteiger partial charge in [-0.15, -0.1) is 24.8 Å². The summed E-state index contributed by atoms with van der Waals surface area (Å²) in [5, 5.41) is 5.93. The number of carbonyl (C=O) groups is 1. The van der Waals surface area contributed by atoms with Crippen LogP contribution in [0.4, 0.5) is 4.39 Å². The van der Waals surface area contributed by atoms with Gasteiger partial charge in [-0.05, 0) is 38.8 Å². The topological polar surface area (TPSA) is 44.4 Å². The summed E-state index contributed by atoms with van der Waals surface area (Å²) in [6.07, 6.45) is 0. The van der Waals surface area contributed by atoms with Gasteiger partial charge in [0.25, 0.3) is 0 Å². The van der Waals surface area contributed by atoms with E-state index in [9.17, 15) is 9.18 Å². The minimum Gasteiger partial charge on any atom is -0.354 e. The summed E-state index contributed by atoms with van der Waals surface area (Å²) in [7, 11) is 5.71. The molecule has 0 radical (unpaired) electrons. The van der Waals surface area contributed by atoms with Crippen LogP contribution < -0.4 is 10.6 Å². The van der Waals surface area contributed by atoms with Crippen molar-refractivity contribution in [2.75, 3.05) is 34.2 Å². The predicted octanol–water partition coefficient (Wildman–Crippen LogP) is 2.24. The fourth-order valence-corrected chi connectivity index (χ4v) is 2.05. The number of nitrogens with zero attached hydrogens (tertiary/aromatic N) is 1. The maximum Gasteiger partial charge on any atom is 0.224 e. The van der Waals surface area contributed by atoms with E-state index >= 15 is 0 Å². The molecule has 0 spiro atoms. The first-order valence-electron chi connectivity index (χ1n) is 6.80. The van der Waals surface area contributed by atoms with Crippen molar-refractivity contribution >= 4 is 30.7 Å². The quantitative estimate of drug-likeness (QED) is 0.790. The molecule has 1 rings (SSSR count). The molecule has 1 amide bonds. The van der Waals surface area contributed by atoms with E-state index in [4.69, 9.17) is 0 Å². The van der Waals surface area contributed by atoms with Gasteiger partial charge in [0.2, 0.25) is 5.91 Å². The largest absolute Gasteiger partial charge is 0.354 e. The standard InChI is InChI=1S/C15H24FN3O.2ClH/c1-11(9-17-2)15(20)18-10-14(19(3)4)12-5-7-13(16)8-6-12;;/h5-8,11,14,17H,9-10H2,1-4H3,(H,18,20);2*1H. The Bertz CT molecular complexity index is 429. The number of hydrogen-bond donors (Lipinski definition) is 2. The molecule has 0 saturated carbocycles. The number of likely N-dealkylation sites (N-methyl/N-ethyl adjacent to an activating group) is 1. The molecule has 128 valence electrons. The Labute approximate surface area is 144 Å². The van der Waals surface area contributed by atoms with Crippen molar-refractivity contribution in [2.24, 2.45) is 5.92 Å². The van der Waals surface area contributed by atoms with Crippen LogP contribution in [-0.4, -0.2) is 45.0 Å². The second-order valence-corrected chi connectivity index (χ2v) is 5.23. The van der Waals surface area contributed by atoms with E-state index in [-0.39, 0.29) is 48.5 Å². The average Bonchev–Trinajstić information content (AvgIpc) is 2.40. The van der Waals surface area contributed by atoms with Crippen LogP contribution in [0.5, 0.6) is 0 Å². The number of nitrogens with one attached hydrogen (secondary N) is 2. The van der Waals surface area contributed by atoms with Crippen molar-refractivity contribution in [1.29, 1.82) is 0 Å². The molecule has 2 atom stereocenters. The van der Waals surface area contributed by atoms with Gasteiger partial charge in [0, 0.05) is 19.0 Å². The summed E-state index contributed by atoms with van der Waals surface area (Å²) in [5.41, 5.74) is 0.984. The van der Waals surface area contributed by atoms with Crippen LogP contribution in [0.25, 0.3) is 0 Å². The molecule has 0 aliphatic rings. The third kappa shape index (κ3) is 7.40. The van der Waals surface area contributed by atoms with E-state index in [1.807, 2.05) is 33.0 Å². The number of amides is 1. The van der Waals surface area contributed by atoms with Crippen molar-refractivity contribution < 1.29 is 9.18 Å². The molecule has 1 aromatic rings. The van der Waals surface area contributed by atoms with E-state index in [0.717, 1.165) is 5.56 Å². The Hall–Kier alpha value is -0.880. The maximum atomic E-state index is 13.0. The van der Waals surface area contributed by atoms with Gasteiger partial charge in [0.1, 0.15) is 5.82 Å². The zero-order valence-electron chi connectivity index (χ0n) is 13.4. The van der Waals surface area contributed by atoms with Crippen molar-refractivity contribution in [1.82, 2.24) is 15.5 Å². The molecule has 0 aliphatic carbocycles. The number of carbonyl (C=O) groups excluding carboxylic acids is 1. The predicted molar refractivity (Wildman–Crippen MR) is 93.4 cm³/mol. The zero-order chi connectivity index (χ0) is 15.1. The zero-order valence-corrected chi connectivity index (χ0v) is 15.1. The lowest BCUT2D eigenvalue weighted by molar-refractivity contribution is -0.124. The smallest absolute Gasteiger partial charge is 0.224 e. The lowest BCUT2D eigenvalue weighted by atomic mass is 10.1. The molecule has 2 N–H and O–H groups in total. The highest BCUT2D eigenvalue weighted by Crippen LogP contribution is 2.17. The molecular weight excluding hydrogens is 328 g/mol. The van der Waals surface area contributed by atoms with Crippen LogP contribution in [-0.2, 0) is 4.79 Å². The third-order valence-electron chi connectivity index (χ3n) is 3.31. The van der Waals surface area contributed by atoms with Crippen molar-refractivity contribution in [3.8, 4) is 0 Å². The average molecular weight is 354 g/mol. The first-order valence-corrected chi connectivity index (χ1v) is 6.80. The van der Waals surface area contributed by atoms with Gasteiger partial charge in [0.05, 0.1) is 6.04 Å². The van der Waals surface area contributed by atoms with Crippen LogP contribution >= 0.6 is 24.8 Å². The van der Waals surface area contributed by atoms with Gasteiger partial charge >= 0.3 is 0 Å². The lowest BCUT2D eigenvalue weighted by Gasteiger charge is -2.25. The van der Waals surface area contributed by atoms with Gasteiger partial charge in [0.15, 0.2) is 0 Å². The summed E-state index contributed by atoms with van der Waals surface area (Å²) >= 11 is 0. The Morgan fingerprint density at radius 3 is 2.18 bits per heavy atom. The molecule has 0 bridgehead atoms. The van der Waals surface area contributed by atoms with E-state index in [2.05, 4.69) is 10.6 Å². The number of rotatable bonds is 7. The van der Waals surface area contributed by atoms with E-state index in [1.165, 1.54) is 12.1 Å². The van der Waals surface area contributed by atoms with Crippen molar-refractivity contribution in [3.63, 3.8) is 0 Å². The maximum absolute atomic E-state index is 13.0. The molecule has 0 aliphatic heterocycles. The lowest BCUT2D eigenvalue weighted by Crippen LogP contribution is -2.39. The van der Waals surface area contributed by atoms with Crippen LogP contribution in [0.15, 0.2) is 24.3 Å². The number of halogens is 3. The van der Waals surface area contributed by atoms with Crippen molar-refractivity contribution in [2.45, 2.75) is 13.0 Å². The summed E-state index contributed by atoms with van der Waals surface area (Å²) in [6, 6.07) is 6.42. The fraction of sp³-hybridized carbons (Fsp3) is 0.533. The molecule has 0 saturated heterocycles. The molecule has 0 heterocycles.